The van der Waals surface area contributed by atoms with E-state index in [1.807, 2.05) is 38.2 Å². The Kier molecular flexibility index (Phi) is 46.7. The van der Waals surface area contributed by atoms with Crippen LogP contribution in [0.3, 0.4) is 0 Å². The van der Waals surface area contributed by atoms with Crippen LogP contribution < -0.4 is 21.9 Å². The van der Waals surface area contributed by atoms with Gasteiger partial charge in [0.25, 0.3) is 0 Å². The molecule has 2 heterocycles. The van der Waals surface area contributed by atoms with Gasteiger partial charge in [0.1, 0.15) is 17.5 Å². The number of ether oxygens (including phenoxy) is 1. The lowest BCUT2D eigenvalue weighted by Gasteiger charge is -2.06. The molecule has 0 saturated carbocycles. The topological polar surface area (TPSA) is 87.3 Å². The van der Waals surface area contributed by atoms with Crippen molar-refractivity contribution in [1.82, 2.24) is 0 Å². The summed E-state index contributed by atoms with van der Waals surface area (Å²) in [7, 11) is 0. The molecule has 0 fully saturated rings. The van der Waals surface area contributed by atoms with E-state index in [9.17, 15) is 26.3 Å². The highest BCUT2D eigenvalue weighted by Crippen LogP contribution is 2.31. The molecule has 2 unspecified atom stereocenters. The fourth-order valence-corrected chi connectivity index (χ4v) is 8.91. The molecule has 470 valence electrons. The zero-order valence-corrected chi connectivity index (χ0v) is 57.3. The van der Waals surface area contributed by atoms with Crippen molar-refractivity contribution in [3.8, 4) is 5.75 Å². The van der Waals surface area contributed by atoms with Crippen LogP contribution in [0.15, 0.2) is 137 Å². The molecule has 0 bridgehead atoms. The van der Waals surface area contributed by atoms with Gasteiger partial charge in [-0.15, -0.1) is 23.1 Å². The number of benzene rings is 6. The first-order valence-corrected chi connectivity index (χ1v) is 32.1. The molecule has 0 saturated heterocycles. The van der Waals surface area contributed by atoms with Crippen molar-refractivity contribution in [3.63, 3.8) is 0 Å². The lowest BCUT2D eigenvalue weighted by atomic mass is 10.0. The first-order valence-electron chi connectivity index (χ1n) is 27.9. The van der Waals surface area contributed by atoms with E-state index < -0.39 is 34.8 Å². The van der Waals surface area contributed by atoms with E-state index in [4.69, 9.17) is 56.7 Å². The normalized spacial score (nSPS) is 10.4. The van der Waals surface area contributed by atoms with Crippen molar-refractivity contribution >= 4 is 69.2 Å². The monoisotopic (exact) mass is 1290 g/mol. The quantitative estimate of drug-likeness (QED) is 0.0580. The molecule has 0 amide bonds. The molecule has 16 heteroatoms. The van der Waals surface area contributed by atoms with Gasteiger partial charge in [-0.25, -0.2) is 22.0 Å². The first-order chi connectivity index (χ1) is 40.0. The third-order valence-corrected chi connectivity index (χ3v) is 15.0. The van der Waals surface area contributed by atoms with Crippen LogP contribution in [0.4, 0.5) is 26.3 Å². The molecule has 0 aliphatic heterocycles. The van der Waals surface area contributed by atoms with E-state index in [0.717, 1.165) is 36.6 Å². The van der Waals surface area contributed by atoms with Gasteiger partial charge in [0.05, 0.1) is 21.7 Å². The smallest absolute Gasteiger partial charge is 0.203 e. The standard InChI is InChI=1S/C10H14.C9H9F3O.C9H12S.C7H5Cl3.C7H6F2.C7H7F.2C6H8S.C5H13N.C3H10N2/c1-7-5-8(2)10(4)9(3)6-7;1-2-5-13-9-7(11)4-3-6(10)8(9)12;1-3-8-4-6-9(10-2)7-5-8;1-4-2-5(8)7(10)6(9)3-4;1-5-2-3-6(8)4-7(5)9;1-6-4-2-3-5-7(6)8;1-5-3-4-6(2)7-5;1-2-6-3-4-7-5-6;1-3-4-5(2)6;1-3(5)2-4/h5-6H,1-4H3;3-4H,2,5H2,1H3;4-7H,3H2,1-2H3;2-3H,1H3;2-4H,1H3;2-5H,1H3;3-4H,1-2H3;3-5H,2H2,1H3;5H,3-4,6H2,1-2H3;3H,2,4-5H2,1H3. The van der Waals surface area contributed by atoms with Crippen LogP contribution in [0.1, 0.15) is 121 Å². The Morgan fingerprint density at radius 3 is 1.40 bits per heavy atom. The number of rotatable bonds is 9. The number of aryl methyl sites for hydroxylation is 10. The van der Waals surface area contributed by atoms with Crippen LogP contribution in [0.5, 0.6) is 5.75 Å². The van der Waals surface area contributed by atoms with Gasteiger partial charge in [-0.3, -0.25) is 0 Å². The Morgan fingerprint density at radius 2 is 1.05 bits per heavy atom. The molecule has 2 atom stereocenters. The molecule has 0 radical (unpaired) electrons. The van der Waals surface area contributed by atoms with Crippen molar-refractivity contribution in [2.75, 3.05) is 19.4 Å². The fourth-order valence-electron chi connectivity index (χ4n) is 6.26. The third kappa shape index (κ3) is 39.6. The molecule has 8 rings (SSSR count). The lowest BCUT2D eigenvalue weighted by Crippen LogP contribution is -2.25. The van der Waals surface area contributed by atoms with Crippen molar-refractivity contribution < 1.29 is 31.1 Å². The second-order valence-electron chi connectivity index (χ2n) is 19.6. The number of hydrogen-bond donors (Lipinski definition) is 3. The summed E-state index contributed by atoms with van der Waals surface area (Å²) in [5.41, 5.74) is 26.2. The molecule has 8 aromatic rings. The molecule has 0 aliphatic rings. The van der Waals surface area contributed by atoms with Crippen molar-refractivity contribution in [2.24, 2.45) is 17.2 Å². The summed E-state index contributed by atoms with van der Waals surface area (Å²) in [5, 5.41) is 5.73. The summed E-state index contributed by atoms with van der Waals surface area (Å²) in [6.07, 6.45) is 7.37. The third-order valence-electron chi connectivity index (χ3n) is 11.4. The summed E-state index contributed by atoms with van der Waals surface area (Å²) in [5.74, 6) is -5.05. The fraction of sp³-hybridized carbons (Fsp3) is 0.362. The number of hydrogen-bond acceptors (Lipinski definition) is 7. The van der Waals surface area contributed by atoms with Gasteiger partial charge in [-0.2, -0.15) is 15.7 Å². The minimum Gasteiger partial charge on any atom is -0.488 e. The molecule has 4 nitrogen and oxygen atoms in total. The summed E-state index contributed by atoms with van der Waals surface area (Å²) in [6, 6.07) is 35.5. The van der Waals surface area contributed by atoms with Crippen LogP contribution in [-0.2, 0) is 12.8 Å². The van der Waals surface area contributed by atoms with Crippen molar-refractivity contribution in [2.45, 2.75) is 153 Å². The van der Waals surface area contributed by atoms with Crippen LogP contribution in [-0.4, -0.2) is 31.5 Å². The molecule has 2 aromatic heterocycles. The highest BCUT2D eigenvalue weighted by Gasteiger charge is 2.14. The van der Waals surface area contributed by atoms with E-state index in [2.05, 4.69) is 134 Å². The van der Waals surface area contributed by atoms with Gasteiger partial charge >= 0.3 is 0 Å². The Labute approximate surface area is 533 Å². The summed E-state index contributed by atoms with van der Waals surface area (Å²) < 4.78 is 79.7. The van der Waals surface area contributed by atoms with E-state index in [-0.39, 0.29) is 18.5 Å². The highest BCUT2D eigenvalue weighted by molar-refractivity contribution is 7.98. The average Bonchev–Trinajstić information content (AvgIpc) is 4.36. The molecule has 85 heavy (non-hydrogen) atoms. The maximum absolute atomic E-state index is 12.8. The molecular weight excluding hydrogens is 1200 g/mol. The van der Waals surface area contributed by atoms with Gasteiger partial charge in [-0.1, -0.05) is 123 Å². The maximum Gasteiger partial charge on any atom is 0.203 e. The summed E-state index contributed by atoms with van der Waals surface area (Å²) in [6.45, 7) is 31.1. The Morgan fingerprint density at radius 1 is 0.541 bits per heavy atom. The molecule has 0 spiro atoms. The van der Waals surface area contributed by atoms with Crippen molar-refractivity contribution in [1.29, 1.82) is 0 Å². The van der Waals surface area contributed by atoms with Crippen molar-refractivity contribution in [3.05, 3.63) is 242 Å². The molecular formula is C69H92Cl3F6N3OS3. The number of thiophene rings is 2. The van der Waals surface area contributed by atoms with Crippen LogP contribution >= 0.6 is 69.2 Å². The SMILES string of the molecule is CC(N)CN.CCCC(C)N.CCCOc1c(F)ccc(F)c1F.CCc1ccc(SC)cc1.CCc1ccsc1.Cc1cc(C)c(C)c(C)c1.Cc1cc(Cl)c(Cl)c(Cl)c1.Cc1ccc(C)s1.Cc1ccc(F)cc1F.Cc1ccccc1F. The summed E-state index contributed by atoms with van der Waals surface area (Å²) >= 11 is 22.5. The van der Waals surface area contributed by atoms with E-state index in [1.54, 1.807) is 68.1 Å². The van der Waals surface area contributed by atoms with Gasteiger partial charge in [-0.05, 0) is 230 Å². The second-order valence-corrected chi connectivity index (χ2v) is 23.9. The largest absolute Gasteiger partial charge is 0.488 e. The highest BCUT2D eigenvalue weighted by atomic mass is 35.5. The zero-order chi connectivity index (χ0) is 65.2. The predicted octanol–water partition coefficient (Wildman–Crippen LogP) is 22.2. The van der Waals surface area contributed by atoms with Crippen LogP contribution in [0.2, 0.25) is 15.1 Å². The summed E-state index contributed by atoms with van der Waals surface area (Å²) in [4.78, 5) is 4.15. The lowest BCUT2D eigenvalue weighted by molar-refractivity contribution is 0.278. The first kappa shape index (κ1) is 82.3. The minimum absolute atomic E-state index is 0.132. The predicted molar refractivity (Wildman–Crippen MR) is 362 cm³/mol. The van der Waals surface area contributed by atoms with Gasteiger partial charge < -0.3 is 21.9 Å². The number of nitrogens with two attached hydrogens (primary N) is 3. The number of thioether (sulfide) groups is 1. The average molecular weight is 1300 g/mol. The Hall–Kier alpha value is -4.80. The van der Waals surface area contributed by atoms with Crippen LogP contribution in [0, 0.1) is 97.2 Å². The van der Waals surface area contributed by atoms with Gasteiger partial charge in [0.15, 0.2) is 17.4 Å². The second kappa shape index (κ2) is 48.2. The molecule has 6 aromatic carbocycles. The van der Waals surface area contributed by atoms with Crippen LogP contribution in [0.25, 0.3) is 0 Å². The van der Waals surface area contributed by atoms with E-state index in [1.165, 1.54) is 79.1 Å². The van der Waals surface area contributed by atoms with Gasteiger partial charge in [0, 0.05) is 39.3 Å². The molecule has 0 aliphatic carbocycles. The van der Waals surface area contributed by atoms with E-state index in [0.29, 0.717) is 45.2 Å². The maximum atomic E-state index is 12.8. The number of halogens is 9. The minimum atomic E-state index is -1.27. The zero-order valence-electron chi connectivity index (χ0n) is 52.6. The molecule has 6 N–H and O–H groups in total. The van der Waals surface area contributed by atoms with E-state index >= 15 is 0 Å². The van der Waals surface area contributed by atoms with Gasteiger partial charge in [0.2, 0.25) is 5.82 Å². The Bertz CT molecular complexity index is 2850. The Balaban J connectivity index is 0.